The summed E-state index contributed by atoms with van der Waals surface area (Å²) in [6, 6.07) is 4.59. The van der Waals surface area contributed by atoms with E-state index in [0.29, 0.717) is 5.56 Å². The molecule has 0 unspecified atom stereocenters. The van der Waals surface area contributed by atoms with E-state index in [2.05, 4.69) is 0 Å². The van der Waals surface area contributed by atoms with E-state index >= 15 is 0 Å². The highest BCUT2D eigenvalue weighted by Gasteiger charge is 2.42. The van der Waals surface area contributed by atoms with Gasteiger partial charge in [0.1, 0.15) is 0 Å². The van der Waals surface area contributed by atoms with Crippen molar-refractivity contribution in [2.45, 2.75) is 18.4 Å². The topological polar surface area (TPSA) is 29.5 Å². The molecule has 3 heteroatoms. The summed E-state index contributed by atoms with van der Waals surface area (Å²) in [6.07, 6.45) is 1.44. The Kier molecular flexibility index (Phi) is 1.77. The molecule has 2 nitrogen and oxygen atoms in total. The minimum absolute atomic E-state index is 0.216. The highest BCUT2D eigenvalue weighted by atomic mass is 19.1. The number of aliphatic hydroxyl groups is 1. The predicted molar refractivity (Wildman–Crippen MR) is 46.1 cm³/mol. The van der Waals surface area contributed by atoms with Gasteiger partial charge in [0, 0.05) is 0 Å². The van der Waals surface area contributed by atoms with Crippen LogP contribution in [0.3, 0.4) is 0 Å². The van der Waals surface area contributed by atoms with Crippen LogP contribution in [0.2, 0.25) is 0 Å². The van der Waals surface area contributed by atoms with Gasteiger partial charge in [-0.2, -0.15) is 0 Å². The molecule has 0 aromatic heterocycles. The van der Waals surface area contributed by atoms with Crippen molar-refractivity contribution >= 4 is 0 Å². The monoisotopic (exact) mass is 182 g/mol. The number of hydrogen-bond acceptors (Lipinski definition) is 2. The van der Waals surface area contributed by atoms with Crippen molar-refractivity contribution in [1.82, 2.24) is 0 Å². The molecule has 0 bridgehead atoms. The van der Waals surface area contributed by atoms with E-state index in [-0.39, 0.29) is 5.75 Å². The SMILES string of the molecule is COc1ccc(C2(O)CC2)cc1F. The quantitative estimate of drug-likeness (QED) is 0.755. The van der Waals surface area contributed by atoms with Crippen molar-refractivity contribution in [3.8, 4) is 5.75 Å². The highest BCUT2D eigenvalue weighted by molar-refractivity contribution is 5.34. The fourth-order valence-corrected chi connectivity index (χ4v) is 1.36. The van der Waals surface area contributed by atoms with Crippen molar-refractivity contribution in [2.24, 2.45) is 0 Å². The largest absolute Gasteiger partial charge is 0.494 e. The molecule has 1 aliphatic carbocycles. The Bertz CT molecular complexity index is 332. The number of methoxy groups -OCH3 is 1. The molecule has 0 saturated heterocycles. The predicted octanol–water partition coefficient (Wildman–Crippen LogP) is 1.82. The zero-order chi connectivity index (χ0) is 9.47. The summed E-state index contributed by atoms with van der Waals surface area (Å²) in [6.45, 7) is 0. The van der Waals surface area contributed by atoms with E-state index in [9.17, 15) is 9.50 Å². The normalized spacial score (nSPS) is 18.4. The maximum atomic E-state index is 13.2. The molecule has 0 aliphatic heterocycles. The van der Waals surface area contributed by atoms with Crippen LogP contribution in [-0.4, -0.2) is 12.2 Å². The van der Waals surface area contributed by atoms with Crippen molar-refractivity contribution in [1.29, 1.82) is 0 Å². The number of benzene rings is 1. The van der Waals surface area contributed by atoms with Crippen LogP contribution >= 0.6 is 0 Å². The number of hydrogen-bond donors (Lipinski definition) is 1. The first-order chi connectivity index (χ1) is 6.15. The zero-order valence-corrected chi connectivity index (χ0v) is 7.38. The van der Waals surface area contributed by atoms with Crippen LogP contribution in [0.25, 0.3) is 0 Å². The van der Waals surface area contributed by atoms with Gasteiger partial charge in [0.15, 0.2) is 11.6 Å². The van der Waals surface area contributed by atoms with E-state index in [0.717, 1.165) is 12.8 Å². The van der Waals surface area contributed by atoms with Crippen LogP contribution in [0.1, 0.15) is 18.4 Å². The van der Waals surface area contributed by atoms with Crippen LogP contribution in [0.15, 0.2) is 18.2 Å². The molecule has 1 aromatic carbocycles. The van der Waals surface area contributed by atoms with Crippen molar-refractivity contribution in [2.75, 3.05) is 7.11 Å². The Hall–Kier alpha value is -1.09. The first kappa shape index (κ1) is 8.51. The van der Waals surface area contributed by atoms with Crippen LogP contribution < -0.4 is 4.74 Å². The molecule has 1 aromatic rings. The Labute approximate surface area is 76.0 Å². The summed E-state index contributed by atoms with van der Waals surface area (Å²) >= 11 is 0. The van der Waals surface area contributed by atoms with Gasteiger partial charge in [-0.1, -0.05) is 6.07 Å². The van der Waals surface area contributed by atoms with Crippen molar-refractivity contribution < 1.29 is 14.2 Å². The molecule has 1 fully saturated rings. The maximum Gasteiger partial charge on any atom is 0.165 e. The number of ether oxygens (including phenoxy) is 1. The Morgan fingerprint density at radius 1 is 1.46 bits per heavy atom. The lowest BCUT2D eigenvalue weighted by atomic mass is 10.1. The lowest BCUT2D eigenvalue weighted by Gasteiger charge is -2.09. The van der Waals surface area contributed by atoms with Gasteiger partial charge in [-0.15, -0.1) is 0 Å². The summed E-state index contributed by atoms with van der Waals surface area (Å²) in [5.41, 5.74) is -0.126. The van der Waals surface area contributed by atoms with Gasteiger partial charge < -0.3 is 9.84 Å². The second-order valence-electron chi connectivity index (χ2n) is 3.38. The van der Waals surface area contributed by atoms with Gasteiger partial charge in [0.25, 0.3) is 0 Å². The maximum absolute atomic E-state index is 13.2. The number of halogens is 1. The molecule has 1 saturated carbocycles. The molecule has 0 heterocycles. The molecule has 2 rings (SSSR count). The average molecular weight is 182 g/mol. The summed E-state index contributed by atoms with van der Waals surface area (Å²) in [7, 11) is 1.42. The summed E-state index contributed by atoms with van der Waals surface area (Å²) in [5, 5.41) is 9.68. The molecule has 0 spiro atoms. The Morgan fingerprint density at radius 2 is 2.15 bits per heavy atom. The fraction of sp³-hybridized carbons (Fsp3) is 0.400. The molecule has 0 atom stereocenters. The highest BCUT2D eigenvalue weighted by Crippen LogP contribution is 2.45. The Balaban J connectivity index is 2.36. The molecule has 1 N–H and O–H groups in total. The van der Waals surface area contributed by atoms with Crippen LogP contribution in [-0.2, 0) is 5.60 Å². The van der Waals surface area contributed by atoms with Crippen molar-refractivity contribution in [3.63, 3.8) is 0 Å². The third-order valence-corrected chi connectivity index (χ3v) is 2.41. The zero-order valence-electron chi connectivity index (χ0n) is 7.38. The number of rotatable bonds is 2. The standard InChI is InChI=1S/C10H11FO2/c1-13-9-3-2-7(6-8(9)11)10(12)4-5-10/h2-3,6,12H,4-5H2,1H3. The molecule has 70 valence electrons. The molecule has 1 aliphatic rings. The van der Waals surface area contributed by atoms with Gasteiger partial charge in [-0.25, -0.2) is 4.39 Å². The van der Waals surface area contributed by atoms with E-state index in [4.69, 9.17) is 4.74 Å². The molecular weight excluding hydrogens is 171 g/mol. The van der Waals surface area contributed by atoms with Gasteiger partial charge in [0.05, 0.1) is 12.7 Å². The van der Waals surface area contributed by atoms with E-state index in [1.807, 2.05) is 0 Å². The van der Waals surface area contributed by atoms with E-state index in [1.165, 1.54) is 13.2 Å². The molecule has 13 heavy (non-hydrogen) atoms. The molecule has 0 radical (unpaired) electrons. The second kappa shape index (κ2) is 2.70. The molecular formula is C10H11FO2. The summed E-state index contributed by atoms with van der Waals surface area (Å²) in [4.78, 5) is 0. The first-order valence-electron chi connectivity index (χ1n) is 4.22. The fourth-order valence-electron chi connectivity index (χ4n) is 1.36. The van der Waals surface area contributed by atoms with Crippen molar-refractivity contribution in [3.05, 3.63) is 29.6 Å². The Morgan fingerprint density at radius 3 is 2.62 bits per heavy atom. The van der Waals surface area contributed by atoms with Crippen LogP contribution in [0.4, 0.5) is 4.39 Å². The first-order valence-corrected chi connectivity index (χ1v) is 4.22. The van der Waals surface area contributed by atoms with Crippen LogP contribution in [0, 0.1) is 5.82 Å². The lowest BCUT2D eigenvalue weighted by molar-refractivity contribution is 0.151. The van der Waals surface area contributed by atoms with Gasteiger partial charge in [0.2, 0.25) is 0 Å². The van der Waals surface area contributed by atoms with Gasteiger partial charge in [-0.3, -0.25) is 0 Å². The third kappa shape index (κ3) is 1.40. The van der Waals surface area contributed by atoms with Gasteiger partial charge >= 0.3 is 0 Å². The van der Waals surface area contributed by atoms with E-state index in [1.54, 1.807) is 12.1 Å². The van der Waals surface area contributed by atoms with Crippen LogP contribution in [0.5, 0.6) is 5.75 Å². The average Bonchev–Trinajstić information content (AvgIpc) is 2.85. The second-order valence-corrected chi connectivity index (χ2v) is 3.38. The molecule has 0 amide bonds. The summed E-state index contributed by atoms with van der Waals surface area (Å²) in [5.74, 6) is -0.201. The summed E-state index contributed by atoms with van der Waals surface area (Å²) < 4.78 is 17.9. The minimum Gasteiger partial charge on any atom is -0.494 e. The third-order valence-electron chi connectivity index (χ3n) is 2.41. The lowest BCUT2D eigenvalue weighted by Crippen LogP contribution is -2.04. The minimum atomic E-state index is -0.771. The smallest absolute Gasteiger partial charge is 0.165 e. The van der Waals surface area contributed by atoms with E-state index < -0.39 is 11.4 Å². The van der Waals surface area contributed by atoms with Gasteiger partial charge in [-0.05, 0) is 30.5 Å².